The number of benzene rings is 1. The smallest absolute Gasteiger partial charge is 0.233 e. The summed E-state index contributed by atoms with van der Waals surface area (Å²) < 4.78 is 47.9. The number of nitrogens with one attached hydrogen (secondary N) is 2. The van der Waals surface area contributed by atoms with Crippen molar-refractivity contribution in [3.05, 3.63) is 29.8 Å². The van der Waals surface area contributed by atoms with Crippen LogP contribution in [0.1, 0.15) is 19.4 Å². The monoisotopic (exact) mass is 334 g/mol. The molecule has 120 valence electrons. The molecule has 21 heavy (non-hydrogen) atoms. The SMILES string of the molecule is CC(C)NCc1ccc(NS(=O)(=O)CCS(C)(=O)=O)cc1. The van der Waals surface area contributed by atoms with E-state index in [0.717, 1.165) is 11.8 Å². The lowest BCUT2D eigenvalue weighted by Gasteiger charge is -2.10. The summed E-state index contributed by atoms with van der Waals surface area (Å²) in [6.07, 6.45) is 1.01. The van der Waals surface area contributed by atoms with Crippen molar-refractivity contribution in [2.75, 3.05) is 22.5 Å². The van der Waals surface area contributed by atoms with E-state index in [-0.39, 0.29) is 0 Å². The number of hydrogen-bond acceptors (Lipinski definition) is 5. The lowest BCUT2D eigenvalue weighted by atomic mass is 10.2. The normalized spacial score (nSPS) is 12.6. The zero-order chi connectivity index (χ0) is 16.1. The Bertz CT molecular complexity index is 650. The molecule has 0 saturated heterocycles. The first kappa shape index (κ1) is 17.9. The molecule has 0 aliphatic heterocycles. The predicted octanol–water partition coefficient (Wildman–Crippen LogP) is 0.971. The molecule has 6 nitrogen and oxygen atoms in total. The van der Waals surface area contributed by atoms with Gasteiger partial charge in [0.1, 0.15) is 9.84 Å². The summed E-state index contributed by atoms with van der Waals surface area (Å²) in [6.45, 7) is 4.80. The maximum absolute atomic E-state index is 11.8. The number of anilines is 1. The summed E-state index contributed by atoms with van der Waals surface area (Å²) in [6, 6.07) is 7.34. The second-order valence-corrected chi connectivity index (χ2v) is 9.38. The van der Waals surface area contributed by atoms with E-state index >= 15 is 0 Å². The highest BCUT2D eigenvalue weighted by atomic mass is 32.2. The van der Waals surface area contributed by atoms with Gasteiger partial charge in [0.05, 0.1) is 11.5 Å². The molecule has 0 aromatic heterocycles. The van der Waals surface area contributed by atoms with E-state index in [2.05, 4.69) is 10.0 Å². The third kappa shape index (κ3) is 8.03. The molecule has 0 spiro atoms. The van der Waals surface area contributed by atoms with Crippen LogP contribution in [0.2, 0.25) is 0 Å². The van der Waals surface area contributed by atoms with Crippen molar-refractivity contribution in [1.82, 2.24) is 5.32 Å². The fraction of sp³-hybridized carbons (Fsp3) is 0.538. The van der Waals surface area contributed by atoms with Gasteiger partial charge in [-0.15, -0.1) is 0 Å². The first-order chi connectivity index (χ1) is 9.57. The summed E-state index contributed by atoms with van der Waals surface area (Å²) in [5.74, 6) is -0.832. The van der Waals surface area contributed by atoms with Gasteiger partial charge >= 0.3 is 0 Å². The first-order valence-electron chi connectivity index (χ1n) is 6.58. The van der Waals surface area contributed by atoms with Crippen LogP contribution in [0.5, 0.6) is 0 Å². The first-order valence-corrected chi connectivity index (χ1v) is 10.3. The van der Waals surface area contributed by atoms with Gasteiger partial charge < -0.3 is 5.32 Å². The summed E-state index contributed by atoms with van der Waals surface area (Å²) in [7, 11) is -6.95. The second-order valence-electron chi connectivity index (χ2n) is 5.28. The summed E-state index contributed by atoms with van der Waals surface area (Å²) >= 11 is 0. The third-order valence-electron chi connectivity index (χ3n) is 2.66. The number of sulfone groups is 1. The van der Waals surface area contributed by atoms with E-state index in [1.165, 1.54) is 0 Å². The Balaban J connectivity index is 2.62. The lowest BCUT2D eigenvalue weighted by molar-refractivity contribution is 0.589. The number of rotatable bonds is 8. The molecule has 0 aliphatic carbocycles. The molecule has 0 unspecified atom stereocenters. The standard InChI is InChI=1S/C13H22N2O4S2/c1-11(2)14-10-12-4-6-13(7-5-12)15-21(18,19)9-8-20(3,16)17/h4-7,11,14-15H,8-10H2,1-3H3. The van der Waals surface area contributed by atoms with Crippen LogP contribution in [0.25, 0.3) is 0 Å². The van der Waals surface area contributed by atoms with Crippen molar-refractivity contribution < 1.29 is 16.8 Å². The molecule has 0 aliphatic rings. The Morgan fingerprint density at radius 2 is 1.57 bits per heavy atom. The topological polar surface area (TPSA) is 92.3 Å². The second kappa shape index (κ2) is 7.24. The molecule has 0 atom stereocenters. The number of sulfonamides is 1. The van der Waals surface area contributed by atoms with Gasteiger partial charge in [0.25, 0.3) is 0 Å². The molecule has 1 aromatic carbocycles. The minimum atomic E-state index is -3.65. The molecule has 1 aromatic rings. The van der Waals surface area contributed by atoms with E-state index in [1.807, 2.05) is 26.0 Å². The van der Waals surface area contributed by atoms with Crippen molar-refractivity contribution >= 4 is 25.5 Å². The maximum atomic E-state index is 11.8. The minimum Gasteiger partial charge on any atom is -0.310 e. The lowest BCUT2D eigenvalue weighted by Crippen LogP contribution is -2.23. The van der Waals surface area contributed by atoms with Gasteiger partial charge in [0, 0.05) is 24.5 Å². The van der Waals surface area contributed by atoms with Gasteiger partial charge in [-0.25, -0.2) is 16.8 Å². The van der Waals surface area contributed by atoms with Crippen molar-refractivity contribution in [1.29, 1.82) is 0 Å². The quantitative estimate of drug-likeness (QED) is 0.739. The Kier molecular flexibility index (Phi) is 6.18. The largest absolute Gasteiger partial charge is 0.310 e. The molecule has 0 fully saturated rings. The fourth-order valence-electron chi connectivity index (χ4n) is 1.50. The Morgan fingerprint density at radius 3 is 2.05 bits per heavy atom. The van der Waals surface area contributed by atoms with Gasteiger partial charge in [-0.05, 0) is 17.7 Å². The van der Waals surface area contributed by atoms with Crippen molar-refractivity contribution in [3.8, 4) is 0 Å². The summed E-state index contributed by atoms with van der Waals surface area (Å²) in [4.78, 5) is 0. The Morgan fingerprint density at radius 1 is 1.00 bits per heavy atom. The van der Waals surface area contributed by atoms with Crippen molar-refractivity contribution in [2.24, 2.45) is 0 Å². The Labute approximate surface area is 126 Å². The summed E-state index contributed by atoms with van der Waals surface area (Å²) in [5.41, 5.74) is 1.47. The fourth-order valence-corrected chi connectivity index (χ4v) is 4.19. The zero-order valence-electron chi connectivity index (χ0n) is 12.5. The van der Waals surface area contributed by atoms with E-state index < -0.39 is 31.4 Å². The van der Waals surface area contributed by atoms with Crippen molar-refractivity contribution in [2.45, 2.75) is 26.4 Å². The van der Waals surface area contributed by atoms with Gasteiger partial charge in [0.2, 0.25) is 10.0 Å². The Hall–Kier alpha value is -1.12. The van der Waals surface area contributed by atoms with Gasteiger partial charge in [0.15, 0.2) is 0 Å². The van der Waals surface area contributed by atoms with E-state index in [9.17, 15) is 16.8 Å². The molecular weight excluding hydrogens is 312 g/mol. The average molecular weight is 334 g/mol. The molecule has 1 rings (SSSR count). The van der Waals surface area contributed by atoms with Crippen LogP contribution in [0, 0.1) is 0 Å². The van der Waals surface area contributed by atoms with Crippen LogP contribution in [-0.2, 0) is 26.4 Å². The van der Waals surface area contributed by atoms with Gasteiger partial charge in [-0.3, -0.25) is 4.72 Å². The third-order valence-corrected chi connectivity index (χ3v) is 5.16. The van der Waals surface area contributed by atoms with Crippen LogP contribution in [0.15, 0.2) is 24.3 Å². The molecule has 0 radical (unpaired) electrons. The van der Waals surface area contributed by atoms with E-state index in [0.29, 0.717) is 18.3 Å². The predicted molar refractivity (Wildman–Crippen MR) is 85.5 cm³/mol. The van der Waals surface area contributed by atoms with Crippen LogP contribution >= 0.6 is 0 Å². The molecule has 2 N–H and O–H groups in total. The van der Waals surface area contributed by atoms with Crippen molar-refractivity contribution in [3.63, 3.8) is 0 Å². The molecule has 0 amide bonds. The highest BCUT2D eigenvalue weighted by molar-refractivity contribution is 7.95. The van der Waals surface area contributed by atoms with Crippen LogP contribution in [0.3, 0.4) is 0 Å². The van der Waals surface area contributed by atoms with Crippen LogP contribution < -0.4 is 10.0 Å². The van der Waals surface area contributed by atoms with Crippen LogP contribution in [0.4, 0.5) is 5.69 Å². The van der Waals surface area contributed by atoms with E-state index in [1.54, 1.807) is 12.1 Å². The zero-order valence-corrected chi connectivity index (χ0v) is 14.1. The highest BCUT2D eigenvalue weighted by Gasteiger charge is 2.14. The number of hydrogen-bond donors (Lipinski definition) is 2. The molecule has 0 heterocycles. The summed E-state index contributed by atoms with van der Waals surface area (Å²) in [5, 5.41) is 3.26. The maximum Gasteiger partial charge on any atom is 0.233 e. The van der Waals surface area contributed by atoms with Crippen LogP contribution in [-0.4, -0.2) is 40.6 Å². The van der Waals surface area contributed by atoms with E-state index in [4.69, 9.17) is 0 Å². The minimum absolute atomic E-state index is 0.374. The van der Waals surface area contributed by atoms with Gasteiger partial charge in [-0.1, -0.05) is 26.0 Å². The molecule has 0 saturated carbocycles. The van der Waals surface area contributed by atoms with Gasteiger partial charge in [-0.2, -0.15) is 0 Å². The molecule has 8 heteroatoms. The highest BCUT2D eigenvalue weighted by Crippen LogP contribution is 2.12. The average Bonchev–Trinajstić information content (AvgIpc) is 2.35. The molecular formula is C13H22N2O4S2. The molecule has 0 bridgehead atoms.